The molecule has 0 aliphatic heterocycles. The van der Waals surface area contributed by atoms with Gasteiger partial charge in [0, 0.05) is 26.9 Å². The lowest BCUT2D eigenvalue weighted by atomic mass is 10.2. The van der Waals surface area contributed by atoms with Crippen molar-refractivity contribution in [1.29, 1.82) is 0 Å². The standard InChI is InChI=1S/C13H13Cl2NO3S2/c1-8-2-3-9(20-8)6-16-21(18,19)12-5-4-11(14)10(7-17)13(12)15/h2-5,16-17H,6-7H2,1H3. The Labute approximate surface area is 137 Å². The minimum Gasteiger partial charge on any atom is -0.392 e. The molecule has 4 nitrogen and oxygen atoms in total. The lowest BCUT2D eigenvalue weighted by molar-refractivity contribution is 0.281. The Morgan fingerprint density at radius 3 is 2.52 bits per heavy atom. The van der Waals surface area contributed by atoms with E-state index in [9.17, 15) is 13.5 Å². The van der Waals surface area contributed by atoms with Crippen LogP contribution in [0.1, 0.15) is 15.3 Å². The number of sulfonamides is 1. The van der Waals surface area contributed by atoms with Crippen LogP contribution in [0.2, 0.25) is 10.0 Å². The molecule has 0 saturated carbocycles. The molecule has 0 atom stereocenters. The van der Waals surface area contributed by atoms with E-state index in [2.05, 4.69) is 4.72 Å². The van der Waals surface area contributed by atoms with Gasteiger partial charge in [-0.2, -0.15) is 0 Å². The maximum atomic E-state index is 12.3. The molecule has 1 heterocycles. The number of benzene rings is 1. The molecule has 0 fully saturated rings. The van der Waals surface area contributed by atoms with Crippen molar-refractivity contribution in [2.75, 3.05) is 0 Å². The fourth-order valence-electron chi connectivity index (χ4n) is 1.75. The van der Waals surface area contributed by atoms with E-state index in [-0.39, 0.29) is 27.0 Å². The zero-order valence-electron chi connectivity index (χ0n) is 11.1. The highest BCUT2D eigenvalue weighted by molar-refractivity contribution is 7.89. The molecule has 0 aliphatic carbocycles. The maximum absolute atomic E-state index is 12.3. The molecule has 2 N–H and O–H groups in total. The molecule has 0 unspecified atom stereocenters. The molecule has 0 aliphatic rings. The van der Waals surface area contributed by atoms with E-state index in [0.29, 0.717) is 0 Å². The van der Waals surface area contributed by atoms with E-state index in [1.807, 2.05) is 19.1 Å². The van der Waals surface area contributed by atoms with Crippen molar-refractivity contribution < 1.29 is 13.5 Å². The summed E-state index contributed by atoms with van der Waals surface area (Å²) < 4.78 is 27.1. The lowest BCUT2D eigenvalue weighted by Crippen LogP contribution is -2.23. The van der Waals surface area contributed by atoms with Crippen molar-refractivity contribution in [1.82, 2.24) is 4.72 Å². The third-order valence-corrected chi connectivity index (χ3v) is 6.17. The molecule has 0 spiro atoms. The quantitative estimate of drug-likeness (QED) is 0.853. The fraction of sp³-hybridized carbons (Fsp3) is 0.231. The van der Waals surface area contributed by atoms with Crippen LogP contribution in [0.15, 0.2) is 29.2 Å². The second-order valence-electron chi connectivity index (χ2n) is 4.33. The molecule has 21 heavy (non-hydrogen) atoms. The van der Waals surface area contributed by atoms with Crippen molar-refractivity contribution in [3.63, 3.8) is 0 Å². The van der Waals surface area contributed by atoms with Crippen LogP contribution in [0.25, 0.3) is 0 Å². The maximum Gasteiger partial charge on any atom is 0.242 e. The van der Waals surface area contributed by atoms with Gasteiger partial charge in [0.1, 0.15) is 4.90 Å². The Hall–Kier alpha value is -0.630. The molecule has 114 valence electrons. The predicted octanol–water partition coefficient (Wildman–Crippen LogP) is 3.33. The van der Waals surface area contributed by atoms with E-state index < -0.39 is 16.6 Å². The van der Waals surface area contributed by atoms with Crippen LogP contribution >= 0.6 is 34.5 Å². The molecule has 2 aromatic rings. The van der Waals surface area contributed by atoms with Gasteiger partial charge in [-0.15, -0.1) is 11.3 Å². The van der Waals surface area contributed by atoms with Crippen molar-refractivity contribution in [2.45, 2.75) is 25.0 Å². The molecule has 1 aromatic heterocycles. The summed E-state index contributed by atoms with van der Waals surface area (Å²) >= 11 is 13.4. The summed E-state index contributed by atoms with van der Waals surface area (Å²) in [7, 11) is -3.77. The fourth-order valence-corrected chi connectivity index (χ4v) is 4.58. The highest BCUT2D eigenvalue weighted by Crippen LogP contribution is 2.31. The first kappa shape index (κ1) is 16.7. The first-order chi connectivity index (χ1) is 9.85. The normalized spacial score (nSPS) is 11.8. The number of aliphatic hydroxyl groups is 1. The van der Waals surface area contributed by atoms with Gasteiger partial charge in [0.25, 0.3) is 0 Å². The van der Waals surface area contributed by atoms with Crippen LogP contribution in [0.4, 0.5) is 0 Å². The molecular weight excluding hydrogens is 353 g/mol. The zero-order valence-corrected chi connectivity index (χ0v) is 14.2. The molecule has 8 heteroatoms. The Balaban J connectivity index is 2.27. The van der Waals surface area contributed by atoms with Gasteiger partial charge in [0.15, 0.2) is 0 Å². The van der Waals surface area contributed by atoms with Gasteiger partial charge in [0.05, 0.1) is 11.6 Å². The second-order valence-corrected chi connectivity index (χ2v) is 8.23. The molecular formula is C13H13Cl2NO3S2. The van der Waals surface area contributed by atoms with Gasteiger partial charge in [-0.1, -0.05) is 23.2 Å². The highest BCUT2D eigenvalue weighted by Gasteiger charge is 2.21. The van der Waals surface area contributed by atoms with E-state index in [4.69, 9.17) is 23.2 Å². The van der Waals surface area contributed by atoms with Crippen molar-refractivity contribution in [3.05, 3.63) is 49.6 Å². The summed E-state index contributed by atoms with van der Waals surface area (Å²) in [5.74, 6) is 0. The number of hydrogen-bond donors (Lipinski definition) is 2. The largest absolute Gasteiger partial charge is 0.392 e. The number of aryl methyl sites for hydroxylation is 1. The van der Waals surface area contributed by atoms with E-state index in [1.54, 1.807) is 0 Å². The number of thiophene rings is 1. The zero-order chi connectivity index (χ0) is 15.6. The van der Waals surface area contributed by atoms with E-state index in [0.717, 1.165) is 9.75 Å². The molecule has 0 amide bonds. The van der Waals surface area contributed by atoms with Crippen LogP contribution in [0.3, 0.4) is 0 Å². The van der Waals surface area contributed by atoms with Crippen LogP contribution in [0.5, 0.6) is 0 Å². The van der Waals surface area contributed by atoms with Gasteiger partial charge >= 0.3 is 0 Å². The Bertz CT molecular complexity index is 757. The summed E-state index contributed by atoms with van der Waals surface area (Å²) in [4.78, 5) is 1.92. The molecule has 2 rings (SSSR count). The minimum absolute atomic E-state index is 0.0557. The SMILES string of the molecule is Cc1ccc(CNS(=O)(=O)c2ccc(Cl)c(CO)c2Cl)s1. The van der Waals surface area contributed by atoms with Gasteiger partial charge in [-0.25, -0.2) is 13.1 Å². The van der Waals surface area contributed by atoms with Gasteiger partial charge in [-0.05, 0) is 31.2 Å². The van der Waals surface area contributed by atoms with Crippen LogP contribution in [-0.4, -0.2) is 13.5 Å². The number of rotatable bonds is 5. The number of aliphatic hydroxyl groups excluding tert-OH is 1. The van der Waals surface area contributed by atoms with E-state index >= 15 is 0 Å². The molecule has 1 aromatic carbocycles. The third kappa shape index (κ3) is 3.77. The third-order valence-electron chi connectivity index (χ3n) is 2.83. The first-order valence-corrected chi connectivity index (χ1v) is 9.03. The summed E-state index contributed by atoms with van der Waals surface area (Å²) in [6.45, 7) is 1.71. The van der Waals surface area contributed by atoms with Crippen LogP contribution in [0, 0.1) is 6.92 Å². The predicted molar refractivity (Wildman–Crippen MR) is 85.5 cm³/mol. The summed E-state index contributed by atoms with van der Waals surface area (Å²) in [6.07, 6.45) is 0. The molecule has 0 bridgehead atoms. The second kappa shape index (κ2) is 6.64. The van der Waals surface area contributed by atoms with Crippen LogP contribution < -0.4 is 4.72 Å². The number of nitrogens with one attached hydrogen (secondary N) is 1. The average Bonchev–Trinajstić information content (AvgIpc) is 2.83. The Morgan fingerprint density at radius 2 is 1.95 bits per heavy atom. The number of hydrogen-bond acceptors (Lipinski definition) is 4. The minimum atomic E-state index is -3.77. The van der Waals surface area contributed by atoms with E-state index in [1.165, 1.54) is 23.5 Å². The summed E-state index contributed by atoms with van der Waals surface area (Å²) in [5.41, 5.74) is 0.202. The Kier molecular flexibility index (Phi) is 5.29. The van der Waals surface area contributed by atoms with Gasteiger partial charge in [-0.3, -0.25) is 0 Å². The van der Waals surface area contributed by atoms with Crippen LogP contribution in [-0.2, 0) is 23.2 Å². The summed E-state index contributed by atoms with van der Waals surface area (Å²) in [5, 5.41) is 9.39. The van der Waals surface area contributed by atoms with Crippen molar-refractivity contribution in [3.8, 4) is 0 Å². The number of halogens is 2. The molecule has 0 radical (unpaired) electrons. The smallest absolute Gasteiger partial charge is 0.242 e. The Morgan fingerprint density at radius 1 is 1.24 bits per heavy atom. The molecule has 0 saturated heterocycles. The van der Waals surface area contributed by atoms with Gasteiger partial charge < -0.3 is 5.11 Å². The first-order valence-electron chi connectivity index (χ1n) is 5.98. The highest BCUT2D eigenvalue weighted by atomic mass is 35.5. The van der Waals surface area contributed by atoms with Gasteiger partial charge in [0.2, 0.25) is 10.0 Å². The topological polar surface area (TPSA) is 66.4 Å². The summed E-state index contributed by atoms with van der Waals surface area (Å²) in [6, 6.07) is 6.52. The monoisotopic (exact) mass is 365 g/mol. The van der Waals surface area contributed by atoms with Crippen molar-refractivity contribution in [2.24, 2.45) is 0 Å². The lowest BCUT2D eigenvalue weighted by Gasteiger charge is -2.11. The van der Waals surface area contributed by atoms with Crippen molar-refractivity contribution >= 4 is 44.6 Å². The average molecular weight is 366 g/mol.